The molecule has 0 amide bonds. The molecule has 3 heterocycles. The number of aromatic nitrogens is 2. The van der Waals surface area contributed by atoms with Gasteiger partial charge >= 0.3 is 0 Å². The van der Waals surface area contributed by atoms with E-state index in [4.69, 9.17) is 19.4 Å². The SMILES string of the molecule is c1ccc2c(NCc3ccc4c(c3)OCO4)nc(N3CCCC3)nc2c1. The van der Waals surface area contributed by atoms with Gasteiger partial charge in [-0.3, -0.25) is 0 Å². The first-order valence-electron chi connectivity index (χ1n) is 9.01. The highest BCUT2D eigenvalue weighted by Crippen LogP contribution is 2.33. The Morgan fingerprint density at radius 2 is 1.81 bits per heavy atom. The molecule has 2 aromatic carbocycles. The van der Waals surface area contributed by atoms with E-state index in [2.05, 4.69) is 16.3 Å². The second-order valence-corrected chi connectivity index (χ2v) is 6.62. The molecule has 2 aliphatic heterocycles. The van der Waals surface area contributed by atoms with E-state index in [9.17, 15) is 0 Å². The molecule has 0 bridgehead atoms. The van der Waals surface area contributed by atoms with E-state index >= 15 is 0 Å². The number of hydrogen-bond acceptors (Lipinski definition) is 6. The Balaban J connectivity index is 1.45. The van der Waals surface area contributed by atoms with Crippen LogP contribution in [-0.2, 0) is 6.54 Å². The Hall–Kier alpha value is -3.02. The first kappa shape index (κ1) is 15.3. The van der Waals surface area contributed by atoms with E-state index in [1.54, 1.807) is 0 Å². The molecule has 6 nitrogen and oxygen atoms in total. The summed E-state index contributed by atoms with van der Waals surface area (Å²) in [5, 5.41) is 4.52. The van der Waals surface area contributed by atoms with Gasteiger partial charge in [-0.2, -0.15) is 4.98 Å². The number of nitrogens with one attached hydrogen (secondary N) is 1. The molecule has 3 aromatic rings. The molecular formula is C20H20N4O2. The third-order valence-corrected chi connectivity index (χ3v) is 4.88. The number of benzene rings is 2. The van der Waals surface area contributed by atoms with Crippen molar-refractivity contribution < 1.29 is 9.47 Å². The maximum Gasteiger partial charge on any atom is 0.231 e. The van der Waals surface area contributed by atoms with Gasteiger partial charge in [0.1, 0.15) is 5.82 Å². The second-order valence-electron chi connectivity index (χ2n) is 6.62. The predicted molar refractivity (Wildman–Crippen MR) is 101 cm³/mol. The molecule has 5 rings (SSSR count). The molecule has 132 valence electrons. The molecule has 1 saturated heterocycles. The average Bonchev–Trinajstić information content (AvgIpc) is 3.37. The molecule has 0 atom stereocenters. The molecule has 1 fully saturated rings. The second kappa shape index (κ2) is 6.37. The Labute approximate surface area is 151 Å². The number of ether oxygens (including phenoxy) is 2. The topological polar surface area (TPSA) is 59.5 Å². The van der Waals surface area contributed by atoms with Crippen LogP contribution in [0.5, 0.6) is 11.5 Å². The minimum Gasteiger partial charge on any atom is -0.454 e. The van der Waals surface area contributed by atoms with Crippen molar-refractivity contribution in [1.82, 2.24) is 9.97 Å². The lowest BCUT2D eigenvalue weighted by Gasteiger charge is -2.18. The summed E-state index contributed by atoms with van der Waals surface area (Å²) in [7, 11) is 0. The Morgan fingerprint density at radius 3 is 2.73 bits per heavy atom. The number of hydrogen-bond donors (Lipinski definition) is 1. The van der Waals surface area contributed by atoms with Crippen molar-refractivity contribution >= 4 is 22.7 Å². The summed E-state index contributed by atoms with van der Waals surface area (Å²) in [5.74, 6) is 3.29. The largest absolute Gasteiger partial charge is 0.454 e. The number of anilines is 2. The lowest BCUT2D eigenvalue weighted by Crippen LogP contribution is -2.21. The minimum absolute atomic E-state index is 0.294. The van der Waals surface area contributed by atoms with E-state index in [0.29, 0.717) is 13.3 Å². The zero-order chi connectivity index (χ0) is 17.3. The van der Waals surface area contributed by atoms with Gasteiger partial charge in [0.25, 0.3) is 0 Å². The number of rotatable bonds is 4. The summed E-state index contributed by atoms with van der Waals surface area (Å²) in [4.78, 5) is 11.8. The third-order valence-electron chi connectivity index (χ3n) is 4.88. The normalized spacial score (nSPS) is 15.6. The molecule has 2 aliphatic rings. The molecular weight excluding hydrogens is 328 g/mol. The van der Waals surface area contributed by atoms with Crippen molar-refractivity contribution in [2.45, 2.75) is 19.4 Å². The van der Waals surface area contributed by atoms with Crippen molar-refractivity contribution in [3.63, 3.8) is 0 Å². The fourth-order valence-corrected chi connectivity index (χ4v) is 3.49. The van der Waals surface area contributed by atoms with Crippen molar-refractivity contribution in [3.8, 4) is 11.5 Å². The van der Waals surface area contributed by atoms with Crippen molar-refractivity contribution in [2.24, 2.45) is 0 Å². The molecule has 1 aromatic heterocycles. The monoisotopic (exact) mass is 348 g/mol. The van der Waals surface area contributed by atoms with Gasteiger partial charge in [0.05, 0.1) is 5.52 Å². The number of para-hydroxylation sites is 1. The van der Waals surface area contributed by atoms with Crippen LogP contribution in [0.25, 0.3) is 10.9 Å². The van der Waals surface area contributed by atoms with Gasteiger partial charge in [-0.1, -0.05) is 18.2 Å². The van der Waals surface area contributed by atoms with Crippen LogP contribution in [0.2, 0.25) is 0 Å². The van der Waals surface area contributed by atoms with E-state index in [0.717, 1.165) is 52.8 Å². The fourth-order valence-electron chi connectivity index (χ4n) is 3.49. The maximum absolute atomic E-state index is 5.47. The summed E-state index contributed by atoms with van der Waals surface area (Å²) >= 11 is 0. The van der Waals surface area contributed by atoms with E-state index in [-0.39, 0.29) is 0 Å². The van der Waals surface area contributed by atoms with E-state index in [1.165, 1.54) is 12.8 Å². The highest BCUT2D eigenvalue weighted by Gasteiger charge is 2.18. The molecule has 0 spiro atoms. The molecule has 0 saturated carbocycles. The van der Waals surface area contributed by atoms with Gasteiger partial charge in [-0.25, -0.2) is 4.98 Å². The highest BCUT2D eigenvalue weighted by atomic mass is 16.7. The number of fused-ring (bicyclic) bond motifs is 2. The van der Waals surface area contributed by atoms with Crippen LogP contribution in [0.4, 0.5) is 11.8 Å². The maximum atomic E-state index is 5.47. The third kappa shape index (κ3) is 2.77. The van der Waals surface area contributed by atoms with Crippen LogP contribution in [0.1, 0.15) is 18.4 Å². The fraction of sp³-hybridized carbons (Fsp3) is 0.300. The molecule has 0 unspecified atom stereocenters. The summed E-state index contributed by atoms with van der Waals surface area (Å²) in [6, 6.07) is 14.2. The van der Waals surface area contributed by atoms with Crippen molar-refractivity contribution in [3.05, 3.63) is 48.0 Å². The lowest BCUT2D eigenvalue weighted by molar-refractivity contribution is 0.174. The van der Waals surface area contributed by atoms with Gasteiger partial charge in [0.2, 0.25) is 12.7 Å². The van der Waals surface area contributed by atoms with Crippen LogP contribution in [0.3, 0.4) is 0 Å². The summed E-state index contributed by atoms with van der Waals surface area (Å²) in [5.41, 5.74) is 2.09. The smallest absolute Gasteiger partial charge is 0.231 e. The quantitative estimate of drug-likeness (QED) is 0.778. The van der Waals surface area contributed by atoms with E-state index < -0.39 is 0 Å². The van der Waals surface area contributed by atoms with Gasteiger partial charge in [0, 0.05) is 25.0 Å². The van der Waals surface area contributed by atoms with Crippen LogP contribution >= 0.6 is 0 Å². The molecule has 0 radical (unpaired) electrons. The average molecular weight is 348 g/mol. The van der Waals surface area contributed by atoms with Gasteiger partial charge < -0.3 is 19.7 Å². The molecule has 1 N–H and O–H groups in total. The summed E-state index contributed by atoms with van der Waals surface area (Å²) in [6.07, 6.45) is 2.41. The van der Waals surface area contributed by atoms with Gasteiger partial charge in [-0.15, -0.1) is 0 Å². The lowest BCUT2D eigenvalue weighted by atomic mass is 10.2. The molecule has 26 heavy (non-hydrogen) atoms. The standard InChI is InChI=1S/C20H20N4O2/c1-2-6-16-15(5-1)19(23-20(22-16)24-9-3-4-10-24)21-12-14-7-8-17-18(11-14)26-13-25-17/h1-2,5-8,11H,3-4,9-10,12-13H2,(H,21,22,23). The Kier molecular flexibility index (Phi) is 3.74. The predicted octanol–water partition coefficient (Wildman–Crippen LogP) is 3.57. The summed E-state index contributed by atoms with van der Waals surface area (Å²) < 4.78 is 10.8. The van der Waals surface area contributed by atoms with Gasteiger partial charge in [0.15, 0.2) is 11.5 Å². The highest BCUT2D eigenvalue weighted by molar-refractivity contribution is 5.90. The Morgan fingerprint density at radius 1 is 0.962 bits per heavy atom. The van der Waals surface area contributed by atoms with Crippen LogP contribution < -0.4 is 19.7 Å². The van der Waals surface area contributed by atoms with E-state index in [1.807, 2.05) is 36.4 Å². The van der Waals surface area contributed by atoms with Crippen LogP contribution in [-0.4, -0.2) is 29.9 Å². The van der Waals surface area contributed by atoms with Crippen LogP contribution in [0.15, 0.2) is 42.5 Å². The first-order valence-corrected chi connectivity index (χ1v) is 9.01. The number of nitrogens with zero attached hydrogens (tertiary/aromatic N) is 3. The zero-order valence-electron chi connectivity index (χ0n) is 14.4. The zero-order valence-corrected chi connectivity index (χ0v) is 14.4. The summed E-state index contributed by atoms with van der Waals surface area (Å²) in [6.45, 7) is 3.01. The Bertz CT molecular complexity index is 954. The molecule has 6 heteroatoms. The minimum atomic E-state index is 0.294. The van der Waals surface area contributed by atoms with Crippen molar-refractivity contribution in [1.29, 1.82) is 0 Å². The van der Waals surface area contributed by atoms with Gasteiger partial charge in [-0.05, 0) is 42.7 Å². The van der Waals surface area contributed by atoms with Crippen molar-refractivity contribution in [2.75, 3.05) is 30.1 Å². The van der Waals surface area contributed by atoms with Crippen LogP contribution in [0, 0.1) is 0 Å². The first-order chi connectivity index (χ1) is 12.9. The molecule has 0 aliphatic carbocycles.